The van der Waals surface area contributed by atoms with E-state index in [2.05, 4.69) is 16.7 Å². The Hall–Kier alpha value is -2.08. The van der Waals surface area contributed by atoms with E-state index in [0.29, 0.717) is 6.04 Å². The molecule has 2 aliphatic heterocycles. The molecule has 3 rings (SSSR count). The van der Waals surface area contributed by atoms with Gasteiger partial charge >= 0.3 is 6.03 Å². The van der Waals surface area contributed by atoms with Gasteiger partial charge in [0.1, 0.15) is 0 Å². The monoisotopic (exact) mass is 291 g/mol. The smallest absolute Gasteiger partial charge is 0.322 e. The lowest BCUT2D eigenvalue weighted by Crippen LogP contribution is -2.49. The van der Waals surface area contributed by atoms with Crippen molar-refractivity contribution >= 4 is 17.7 Å². The molecule has 0 aliphatic carbocycles. The van der Waals surface area contributed by atoms with E-state index >= 15 is 0 Å². The lowest BCUT2D eigenvalue weighted by Gasteiger charge is -2.37. The molecule has 114 valence electrons. The fourth-order valence-electron chi connectivity index (χ4n) is 2.64. The van der Waals surface area contributed by atoms with E-state index in [4.69, 9.17) is 9.90 Å². The number of anilines is 1. The van der Waals surface area contributed by atoms with Crippen LogP contribution in [0.1, 0.15) is 25.3 Å². The molecule has 2 aliphatic rings. The maximum Gasteiger partial charge on any atom is 0.322 e. The van der Waals surface area contributed by atoms with Crippen LogP contribution in [0.4, 0.5) is 10.5 Å². The number of nitrogens with zero attached hydrogens (tertiary/aromatic N) is 1. The molecule has 1 aromatic rings. The largest absolute Gasteiger partial charge is 0.481 e. The molecule has 0 unspecified atom stereocenters. The molecule has 1 fully saturated rings. The molecular weight excluding hydrogens is 270 g/mol. The van der Waals surface area contributed by atoms with Gasteiger partial charge in [-0.05, 0) is 37.6 Å². The molecule has 1 aromatic carbocycles. The molecule has 0 aromatic heterocycles. The third-order valence-electron chi connectivity index (χ3n) is 3.61. The first-order chi connectivity index (χ1) is 10.1. The Morgan fingerprint density at radius 3 is 2.57 bits per heavy atom. The molecule has 2 amide bonds. The van der Waals surface area contributed by atoms with Crippen LogP contribution in [0.5, 0.6) is 0 Å². The standard InChI is InChI=1S/C13H17N3O.C2H4O2/c17-13-15-12-4-2-1-3-10(12)9-16(13)11-5-7-14-8-6-11;1-2(3)4/h1-4,11,14H,5-9H2,(H,15,17);1H3,(H,3,4). The number of fused-ring (bicyclic) bond motifs is 1. The van der Waals surface area contributed by atoms with Gasteiger partial charge < -0.3 is 20.6 Å². The van der Waals surface area contributed by atoms with Crippen LogP contribution in [0.2, 0.25) is 0 Å². The highest BCUT2D eigenvalue weighted by atomic mass is 16.4. The van der Waals surface area contributed by atoms with Crippen molar-refractivity contribution in [3.8, 4) is 0 Å². The summed E-state index contributed by atoms with van der Waals surface area (Å²) in [4.78, 5) is 23.0. The van der Waals surface area contributed by atoms with Gasteiger partial charge in [0, 0.05) is 25.2 Å². The average Bonchev–Trinajstić information content (AvgIpc) is 2.47. The quantitative estimate of drug-likeness (QED) is 0.738. The number of para-hydroxylation sites is 1. The predicted molar refractivity (Wildman–Crippen MR) is 80.2 cm³/mol. The Morgan fingerprint density at radius 1 is 1.29 bits per heavy atom. The number of hydrogen-bond acceptors (Lipinski definition) is 3. The number of benzene rings is 1. The van der Waals surface area contributed by atoms with Crippen molar-refractivity contribution in [2.24, 2.45) is 0 Å². The van der Waals surface area contributed by atoms with Gasteiger partial charge in [0.05, 0.1) is 0 Å². The molecule has 1 saturated heterocycles. The van der Waals surface area contributed by atoms with E-state index < -0.39 is 5.97 Å². The second kappa shape index (κ2) is 7.08. The molecule has 0 radical (unpaired) electrons. The SMILES string of the molecule is CC(=O)O.O=C1Nc2ccccc2CN1C1CCNCC1. The van der Waals surface area contributed by atoms with E-state index in [1.54, 1.807) is 0 Å². The van der Waals surface area contributed by atoms with Crippen LogP contribution in [0.3, 0.4) is 0 Å². The summed E-state index contributed by atoms with van der Waals surface area (Å²) in [6, 6.07) is 8.46. The van der Waals surface area contributed by atoms with Crippen molar-refractivity contribution in [2.45, 2.75) is 32.4 Å². The summed E-state index contributed by atoms with van der Waals surface area (Å²) < 4.78 is 0. The van der Waals surface area contributed by atoms with Gasteiger partial charge in [-0.3, -0.25) is 4.79 Å². The number of carbonyl (C=O) groups is 2. The lowest BCUT2D eigenvalue weighted by molar-refractivity contribution is -0.134. The van der Waals surface area contributed by atoms with Crippen LogP contribution in [-0.4, -0.2) is 41.1 Å². The van der Waals surface area contributed by atoms with E-state index in [9.17, 15) is 4.79 Å². The van der Waals surface area contributed by atoms with Gasteiger partial charge in [-0.25, -0.2) is 4.79 Å². The molecule has 3 N–H and O–H groups in total. The number of rotatable bonds is 1. The Balaban J connectivity index is 0.000000361. The molecule has 0 bridgehead atoms. The summed E-state index contributed by atoms with van der Waals surface area (Å²) >= 11 is 0. The molecule has 6 heteroatoms. The Bertz CT molecular complexity index is 509. The predicted octanol–water partition coefficient (Wildman–Crippen LogP) is 1.88. The van der Waals surface area contributed by atoms with Gasteiger partial charge in [-0.15, -0.1) is 0 Å². The lowest BCUT2D eigenvalue weighted by atomic mass is 10.0. The minimum Gasteiger partial charge on any atom is -0.481 e. The van der Waals surface area contributed by atoms with Gasteiger partial charge in [0.15, 0.2) is 0 Å². The summed E-state index contributed by atoms with van der Waals surface area (Å²) in [7, 11) is 0. The second-order valence-electron chi connectivity index (χ2n) is 5.22. The summed E-state index contributed by atoms with van der Waals surface area (Å²) in [5.74, 6) is -0.833. The number of urea groups is 1. The normalized spacial score (nSPS) is 18.1. The average molecular weight is 291 g/mol. The van der Waals surface area contributed by atoms with E-state index in [1.807, 2.05) is 23.1 Å². The van der Waals surface area contributed by atoms with Crippen LogP contribution in [0, 0.1) is 0 Å². The summed E-state index contributed by atoms with van der Waals surface area (Å²) in [6.07, 6.45) is 2.10. The summed E-state index contributed by atoms with van der Waals surface area (Å²) in [5, 5.41) is 13.7. The van der Waals surface area contributed by atoms with Crippen molar-refractivity contribution in [3.05, 3.63) is 29.8 Å². The van der Waals surface area contributed by atoms with Crippen LogP contribution >= 0.6 is 0 Å². The Labute approximate surface area is 124 Å². The first-order valence-corrected chi connectivity index (χ1v) is 7.13. The molecule has 0 atom stereocenters. The molecule has 21 heavy (non-hydrogen) atoms. The van der Waals surface area contributed by atoms with Crippen LogP contribution in [0.25, 0.3) is 0 Å². The fraction of sp³-hybridized carbons (Fsp3) is 0.467. The van der Waals surface area contributed by atoms with Crippen molar-refractivity contribution in [2.75, 3.05) is 18.4 Å². The molecule has 0 saturated carbocycles. The molecule has 2 heterocycles. The van der Waals surface area contributed by atoms with E-state index in [-0.39, 0.29) is 6.03 Å². The van der Waals surface area contributed by atoms with E-state index in [1.165, 1.54) is 5.56 Å². The number of hydrogen-bond donors (Lipinski definition) is 3. The third-order valence-corrected chi connectivity index (χ3v) is 3.61. The van der Waals surface area contributed by atoms with Crippen molar-refractivity contribution in [1.29, 1.82) is 0 Å². The minimum atomic E-state index is -0.833. The summed E-state index contributed by atoms with van der Waals surface area (Å²) in [5.41, 5.74) is 2.17. The highest BCUT2D eigenvalue weighted by Crippen LogP contribution is 2.26. The first-order valence-electron chi connectivity index (χ1n) is 7.13. The zero-order valence-electron chi connectivity index (χ0n) is 12.1. The van der Waals surface area contributed by atoms with Gasteiger partial charge in [-0.1, -0.05) is 18.2 Å². The fourth-order valence-corrected chi connectivity index (χ4v) is 2.64. The molecular formula is C15H21N3O3. The Morgan fingerprint density at radius 2 is 1.90 bits per heavy atom. The van der Waals surface area contributed by atoms with Crippen LogP contribution in [0.15, 0.2) is 24.3 Å². The van der Waals surface area contributed by atoms with Crippen molar-refractivity contribution < 1.29 is 14.7 Å². The number of piperidine rings is 1. The number of carbonyl (C=O) groups excluding carboxylic acids is 1. The first kappa shape index (κ1) is 15.3. The minimum absolute atomic E-state index is 0.0515. The molecule has 0 spiro atoms. The summed E-state index contributed by atoms with van der Waals surface area (Å²) in [6.45, 7) is 3.85. The van der Waals surface area contributed by atoms with E-state index in [0.717, 1.165) is 45.1 Å². The van der Waals surface area contributed by atoms with Crippen molar-refractivity contribution in [1.82, 2.24) is 10.2 Å². The van der Waals surface area contributed by atoms with Crippen molar-refractivity contribution in [3.63, 3.8) is 0 Å². The van der Waals surface area contributed by atoms with Gasteiger partial charge in [0.25, 0.3) is 5.97 Å². The molecule has 6 nitrogen and oxygen atoms in total. The topological polar surface area (TPSA) is 81.7 Å². The maximum absolute atomic E-state index is 12.1. The number of aliphatic carboxylic acids is 1. The second-order valence-corrected chi connectivity index (χ2v) is 5.22. The van der Waals surface area contributed by atoms with Crippen LogP contribution in [-0.2, 0) is 11.3 Å². The zero-order valence-corrected chi connectivity index (χ0v) is 12.1. The number of nitrogens with one attached hydrogen (secondary N) is 2. The van der Waals surface area contributed by atoms with Gasteiger partial charge in [0.2, 0.25) is 0 Å². The number of amides is 2. The number of carboxylic acids is 1. The highest BCUT2D eigenvalue weighted by Gasteiger charge is 2.29. The third kappa shape index (κ3) is 4.19. The maximum atomic E-state index is 12.1. The van der Waals surface area contributed by atoms with Gasteiger partial charge in [-0.2, -0.15) is 0 Å². The Kier molecular flexibility index (Phi) is 5.16. The van der Waals surface area contributed by atoms with Crippen LogP contribution < -0.4 is 10.6 Å². The number of carboxylic acid groups (broad SMARTS) is 1. The zero-order chi connectivity index (χ0) is 15.2. The highest BCUT2D eigenvalue weighted by molar-refractivity contribution is 5.92.